The van der Waals surface area contributed by atoms with Crippen molar-refractivity contribution in [1.82, 2.24) is 19.8 Å². The van der Waals surface area contributed by atoms with Gasteiger partial charge in [0.1, 0.15) is 11.5 Å². The second kappa shape index (κ2) is 5.97. The zero-order chi connectivity index (χ0) is 13.8. The second-order valence-corrected chi connectivity index (χ2v) is 4.96. The molecule has 104 valence electrons. The van der Waals surface area contributed by atoms with Gasteiger partial charge in [-0.1, -0.05) is 0 Å². The van der Waals surface area contributed by atoms with Crippen LogP contribution in [0.2, 0.25) is 0 Å². The molecule has 1 amide bonds. The Kier molecular flexibility index (Phi) is 4.31. The van der Waals surface area contributed by atoms with Gasteiger partial charge < -0.3 is 10.2 Å². The van der Waals surface area contributed by atoms with Crippen molar-refractivity contribution in [2.24, 2.45) is 0 Å². The van der Waals surface area contributed by atoms with E-state index in [-0.39, 0.29) is 5.91 Å². The van der Waals surface area contributed by atoms with Gasteiger partial charge in [-0.2, -0.15) is 0 Å². The molecule has 1 saturated heterocycles. The van der Waals surface area contributed by atoms with Crippen molar-refractivity contribution in [2.45, 2.75) is 19.9 Å². The first-order chi connectivity index (χ1) is 9.11. The SMILES string of the molecule is CNc1cncc(C(=O)N2CCN(C(C)C)CC2)n1. The summed E-state index contributed by atoms with van der Waals surface area (Å²) >= 11 is 0. The Labute approximate surface area is 113 Å². The molecule has 0 atom stereocenters. The van der Waals surface area contributed by atoms with E-state index in [0.717, 1.165) is 26.2 Å². The molecule has 6 heteroatoms. The fourth-order valence-corrected chi connectivity index (χ4v) is 2.19. The number of carbonyl (C=O) groups is 1. The van der Waals surface area contributed by atoms with Crippen molar-refractivity contribution < 1.29 is 4.79 Å². The van der Waals surface area contributed by atoms with E-state index >= 15 is 0 Å². The molecule has 1 aromatic heterocycles. The van der Waals surface area contributed by atoms with Crippen LogP contribution in [-0.4, -0.2) is 64.9 Å². The summed E-state index contributed by atoms with van der Waals surface area (Å²) in [5.41, 5.74) is 0.407. The van der Waals surface area contributed by atoms with Crippen molar-refractivity contribution in [1.29, 1.82) is 0 Å². The molecule has 6 nitrogen and oxygen atoms in total. The van der Waals surface area contributed by atoms with Crippen LogP contribution < -0.4 is 5.32 Å². The van der Waals surface area contributed by atoms with Crippen molar-refractivity contribution in [3.63, 3.8) is 0 Å². The maximum Gasteiger partial charge on any atom is 0.274 e. The number of carbonyl (C=O) groups excluding carboxylic acids is 1. The highest BCUT2D eigenvalue weighted by Gasteiger charge is 2.24. The van der Waals surface area contributed by atoms with Crippen LogP contribution in [0.25, 0.3) is 0 Å². The van der Waals surface area contributed by atoms with E-state index in [1.165, 1.54) is 6.20 Å². The number of piperazine rings is 1. The monoisotopic (exact) mass is 263 g/mol. The summed E-state index contributed by atoms with van der Waals surface area (Å²) in [4.78, 5) is 24.8. The number of rotatable bonds is 3. The lowest BCUT2D eigenvalue weighted by Gasteiger charge is -2.36. The van der Waals surface area contributed by atoms with Crippen LogP contribution in [0.15, 0.2) is 12.4 Å². The molecule has 1 aromatic rings. The summed E-state index contributed by atoms with van der Waals surface area (Å²) in [6.45, 7) is 7.70. The molecule has 1 N–H and O–H groups in total. The van der Waals surface area contributed by atoms with Crippen LogP contribution in [0.4, 0.5) is 5.82 Å². The van der Waals surface area contributed by atoms with Crippen molar-refractivity contribution >= 4 is 11.7 Å². The lowest BCUT2D eigenvalue weighted by molar-refractivity contribution is 0.0589. The zero-order valence-corrected chi connectivity index (χ0v) is 11.8. The lowest BCUT2D eigenvalue weighted by Crippen LogP contribution is -2.50. The predicted octanol–water partition coefficient (Wildman–Crippen LogP) is 0.684. The average molecular weight is 263 g/mol. The standard InChI is InChI=1S/C13H21N5O/c1-10(2)17-4-6-18(7-5-17)13(19)11-8-15-9-12(14-3)16-11/h8-10H,4-7H2,1-3H3,(H,14,16). The fourth-order valence-electron chi connectivity index (χ4n) is 2.19. The van der Waals surface area contributed by atoms with Crippen LogP contribution in [0.5, 0.6) is 0 Å². The molecule has 0 aliphatic carbocycles. The molecule has 0 bridgehead atoms. The molecule has 19 heavy (non-hydrogen) atoms. The number of nitrogens with one attached hydrogen (secondary N) is 1. The normalized spacial score (nSPS) is 16.7. The molecule has 0 saturated carbocycles. The fraction of sp³-hybridized carbons (Fsp3) is 0.615. The Bertz CT molecular complexity index is 440. The first-order valence-corrected chi connectivity index (χ1v) is 6.65. The number of aromatic nitrogens is 2. The van der Waals surface area contributed by atoms with E-state index in [0.29, 0.717) is 17.6 Å². The molecule has 2 heterocycles. The maximum atomic E-state index is 12.3. The summed E-state index contributed by atoms with van der Waals surface area (Å²) in [6.07, 6.45) is 3.13. The molecule has 0 unspecified atom stereocenters. The number of nitrogens with zero attached hydrogens (tertiary/aromatic N) is 4. The summed E-state index contributed by atoms with van der Waals surface area (Å²) in [7, 11) is 1.76. The van der Waals surface area contributed by atoms with Crippen LogP contribution in [-0.2, 0) is 0 Å². The highest BCUT2D eigenvalue weighted by atomic mass is 16.2. The van der Waals surface area contributed by atoms with Crippen LogP contribution in [0, 0.1) is 0 Å². The summed E-state index contributed by atoms with van der Waals surface area (Å²) in [6, 6.07) is 0.532. The minimum atomic E-state index is -0.0343. The molecule has 1 fully saturated rings. The highest BCUT2D eigenvalue weighted by Crippen LogP contribution is 2.10. The van der Waals surface area contributed by atoms with Gasteiger partial charge in [-0.15, -0.1) is 0 Å². The molecule has 0 aromatic carbocycles. The second-order valence-electron chi connectivity index (χ2n) is 4.96. The predicted molar refractivity (Wildman–Crippen MR) is 74.2 cm³/mol. The molecular formula is C13H21N5O. The molecule has 2 rings (SSSR count). The zero-order valence-electron chi connectivity index (χ0n) is 11.8. The van der Waals surface area contributed by atoms with Crippen molar-refractivity contribution in [3.05, 3.63) is 18.1 Å². The number of amides is 1. The summed E-state index contributed by atoms with van der Waals surface area (Å²) < 4.78 is 0. The third kappa shape index (κ3) is 3.20. The van der Waals surface area contributed by atoms with Crippen LogP contribution in [0.3, 0.4) is 0 Å². The third-order valence-electron chi connectivity index (χ3n) is 3.44. The van der Waals surface area contributed by atoms with Crippen LogP contribution >= 0.6 is 0 Å². The Morgan fingerprint density at radius 2 is 1.95 bits per heavy atom. The molecule has 1 aliphatic rings. The quantitative estimate of drug-likeness (QED) is 0.869. The van der Waals surface area contributed by atoms with Gasteiger partial charge in [0, 0.05) is 39.3 Å². The van der Waals surface area contributed by atoms with Crippen molar-refractivity contribution in [3.8, 4) is 0 Å². The smallest absolute Gasteiger partial charge is 0.274 e. The Balaban J connectivity index is 2.01. The van der Waals surface area contributed by atoms with Crippen LogP contribution in [0.1, 0.15) is 24.3 Å². The summed E-state index contributed by atoms with van der Waals surface area (Å²) in [5.74, 6) is 0.583. The van der Waals surface area contributed by atoms with Gasteiger partial charge in [-0.25, -0.2) is 4.98 Å². The molecule has 0 spiro atoms. The van der Waals surface area contributed by atoms with E-state index in [4.69, 9.17) is 0 Å². The number of hydrogen-bond donors (Lipinski definition) is 1. The van der Waals surface area contributed by atoms with Gasteiger partial charge in [-0.05, 0) is 13.8 Å². The average Bonchev–Trinajstić information content (AvgIpc) is 2.46. The van der Waals surface area contributed by atoms with Gasteiger partial charge >= 0.3 is 0 Å². The maximum absolute atomic E-state index is 12.3. The van der Waals surface area contributed by atoms with E-state index in [1.54, 1.807) is 13.2 Å². The van der Waals surface area contributed by atoms with Crippen molar-refractivity contribution in [2.75, 3.05) is 38.5 Å². The number of anilines is 1. The third-order valence-corrected chi connectivity index (χ3v) is 3.44. The van der Waals surface area contributed by atoms with Gasteiger partial charge in [0.05, 0.1) is 12.4 Å². The minimum Gasteiger partial charge on any atom is -0.372 e. The molecule has 0 radical (unpaired) electrons. The van der Waals surface area contributed by atoms with E-state index < -0.39 is 0 Å². The minimum absolute atomic E-state index is 0.0343. The largest absolute Gasteiger partial charge is 0.372 e. The van der Waals surface area contributed by atoms with E-state index in [2.05, 4.69) is 34.0 Å². The first-order valence-electron chi connectivity index (χ1n) is 6.65. The number of hydrogen-bond acceptors (Lipinski definition) is 5. The topological polar surface area (TPSA) is 61.4 Å². The van der Waals surface area contributed by atoms with Gasteiger partial charge in [0.15, 0.2) is 0 Å². The van der Waals surface area contributed by atoms with Gasteiger partial charge in [-0.3, -0.25) is 14.7 Å². The van der Waals surface area contributed by atoms with Gasteiger partial charge in [0.25, 0.3) is 5.91 Å². The van der Waals surface area contributed by atoms with E-state index in [9.17, 15) is 4.79 Å². The molecule has 1 aliphatic heterocycles. The Morgan fingerprint density at radius 1 is 1.26 bits per heavy atom. The lowest BCUT2D eigenvalue weighted by atomic mass is 10.2. The first kappa shape index (κ1) is 13.7. The van der Waals surface area contributed by atoms with E-state index in [1.807, 2.05) is 4.90 Å². The van der Waals surface area contributed by atoms with Gasteiger partial charge in [0.2, 0.25) is 0 Å². The highest BCUT2D eigenvalue weighted by molar-refractivity contribution is 5.92. The Morgan fingerprint density at radius 3 is 2.53 bits per heavy atom. The Hall–Kier alpha value is -1.69. The summed E-state index contributed by atoms with van der Waals surface area (Å²) in [5, 5.41) is 2.89. The molecular weight excluding hydrogens is 242 g/mol.